The lowest BCUT2D eigenvalue weighted by molar-refractivity contribution is -0.144. The summed E-state index contributed by atoms with van der Waals surface area (Å²) in [5.41, 5.74) is 0. The highest BCUT2D eigenvalue weighted by molar-refractivity contribution is 5.66. The summed E-state index contributed by atoms with van der Waals surface area (Å²) in [7, 11) is 0. The number of ether oxygens (including phenoxy) is 1. The van der Waals surface area contributed by atoms with Gasteiger partial charge in [0.2, 0.25) is 0 Å². The normalized spacial score (nSPS) is 24.3. The summed E-state index contributed by atoms with van der Waals surface area (Å²) in [5, 5.41) is 3.08. The number of nitrogens with one attached hydrogen (secondary N) is 1. The monoisotopic (exact) mass is 141 g/mol. The molecule has 3 heteroatoms. The molecule has 0 spiro atoms. The molecule has 0 amide bonds. The Balaban J connectivity index is 2.33. The summed E-state index contributed by atoms with van der Waals surface area (Å²) in [5.74, 6) is -0.224. The summed E-state index contributed by atoms with van der Waals surface area (Å²) in [6.07, 6.45) is 3.79. The van der Waals surface area contributed by atoms with Crippen LogP contribution in [0.2, 0.25) is 0 Å². The first-order chi connectivity index (χ1) is 4.79. The maximum Gasteiger partial charge on any atom is 0.303 e. The third-order valence-electron chi connectivity index (χ3n) is 1.28. The van der Waals surface area contributed by atoms with Crippen LogP contribution in [-0.2, 0) is 9.53 Å². The number of esters is 1. The first-order valence-electron chi connectivity index (χ1n) is 3.33. The Morgan fingerprint density at radius 1 is 1.80 bits per heavy atom. The van der Waals surface area contributed by atoms with Gasteiger partial charge in [0.1, 0.15) is 6.10 Å². The predicted octanol–water partition coefficient (Wildman–Crippen LogP) is 0.0775. The second kappa shape index (κ2) is 3.37. The fourth-order valence-electron chi connectivity index (χ4n) is 0.891. The molecular formula is C7H11NO2. The fourth-order valence-corrected chi connectivity index (χ4v) is 0.891. The van der Waals surface area contributed by atoms with Crippen molar-refractivity contribution < 1.29 is 9.53 Å². The molecule has 0 saturated heterocycles. The lowest BCUT2D eigenvalue weighted by atomic mass is 10.2. The molecule has 0 bridgehead atoms. The van der Waals surface area contributed by atoms with E-state index in [0.717, 1.165) is 13.1 Å². The van der Waals surface area contributed by atoms with Crippen LogP contribution in [-0.4, -0.2) is 25.2 Å². The Bertz CT molecular complexity index is 154. The minimum Gasteiger partial charge on any atom is -0.457 e. The van der Waals surface area contributed by atoms with Gasteiger partial charge in [0.05, 0.1) is 0 Å². The third-order valence-corrected chi connectivity index (χ3v) is 1.28. The lowest BCUT2D eigenvalue weighted by Crippen LogP contribution is -2.32. The molecule has 0 fully saturated rings. The van der Waals surface area contributed by atoms with Crippen LogP contribution < -0.4 is 5.32 Å². The van der Waals surface area contributed by atoms with E-state index in [1.54, 1.807) is 0 Å². The molecule has 10 heavy (non-hydrogen) atoms. The maximum absolute atomic E-state index is 10.4. The molecule has 1 heterocycles. The smallest absolute Gasteiger partial charge is 0.303 e. The standard InChI is InChI=1S/C7H11NO2/c1-6(9)10-7-3-2-4-8-5-7/h2-3,7-8H,4-5H2,1H3. The largest absolute Gasteiger partial charge is 0.457 e. The summed E-state index contributed by atoms with van der Waals surface area (Å²) >= 11 is 0. The van der Waals surface area contributed by atoms with Crippen LogP contribution in [0.4, 0.5) is 0 Å². The molecule has 3 nitrogen and oxygen atoms in total. The SMILES string of the molecule is CC(=O)OC1C=CCNC1. The highest BCUT2D eigenvalue weighted by atomic mass is 16.5. The molecule has 0 aromatic heterocycles. The molecule has 1 aliphatic rings. The van der Waals surface area contributed by atoms with Crippen molar-refractivity contribution >= 4 is 5.97 Å². The van der Waals surface area contributed by atoms with Crippen molar-refractivity contribution in [2.45, 2.75) is 13.0 Å². The van der Waals surface area contributed by atoms with Gasteiger partial charge in [-0.2, -0.15) is 0 Å². The second-order valence-electron chi connectivity index (χ2n) is 2.23. The second-order valence-corrected chi connectivity index (χ2v) is 2.23. The molecule has 1 rings (SSSR count). The van der Waals surface area contributed by atoms with Gasteiger partial charge in [-0.25, -0.2) is 0 Å². The van der Waals surface area contributed by atoms with Gasteiger partial charge in [0, 0.05) is 20.0 Å². The van der Waals surface area contributed by atoms with Crippen molar-refractivity contribution in [3.8, 4) is 0 Å². The molecule has 0 radical (unpaired) electrons. The highest BCUT2D eigenvalue weighted by Gasteiger charge is 2.09. The van der Waals surface area contributed by atoms with Gasteiger partial charge in [-0.05, 0) is 6.08 Å². The van der Waals surface area contributed by atoms with Gasteiger partial charge in [0.25, 0.3) is 0 Å². The average molecular weight is 141 g/mol. The van der Waals surface area contributed by atoms with E-state index in [1.165, 1.54) is 6.92 Å². The minimum absolute atomic E-state index is 0.0637. The fraction of sp³-hybridized carbons (Fsp3) is 0.571. The molecule has 0 aromatic rings. The van der Waals surface area contributed by atoms with Gasteiger partial charge in [-0.1, -0.05) is 6.08 Å². The van der Waals surface area contributed by atoms with E-state index in [-0.39, 0.29) is 12.1 Å². The van der Waals surface area contributed by atoms with E-state index in [2.05, 4.69) is 5.32 Å². The van der Waals surface area contributed by atoms with Crippen LogP contribution in [0.25, 0.3) is 0 Å². The summed E-state index contributed by atoms with van der Waals surface area (Å²) in [4.78, 5) is 10.4. The highest BCUT2D eigenvalue weighted by Crippen LogP contribution is 1.97. The van der Waals surface area contributed by atoms with Gasteiger partial charge < -0.3 is 10.1 Å². The van der Waals surface area contributed by atoms with Crippen LogP contribution in [0.5, 0.6) is 0 Å². The zero-order valence-electron chi connectivity index (χ0n) is 5.96. The maximum atomic E-state index is 10.4. The quantitative estimate of drug-likeness (QED) is 0.415. The van der Waals surface area contributed by atoms with Gasteiger partial charge in [-0.3, -0.25) is 4.79 Å². The van der Waals surface area contributed by atoms with E-state index < -0.39 is 0 Å². The Labute approximate surface area is 60.1 Å². The number of hydrogen-bond donors (Lipinski definition) is 1. The van der Waals surface area contributed by atoms with Crippen LogP contribution in [0, 0.1) is 0 Å². The Kier molecular flexibility index (Phi) is 2.45. The van der Waals surface area contributed by atoms with Crippen LogP contribution in [0.1, 0.15) is 6.92 Å². The number of carbonyl (C=O) groups excluding carboxylic acids is 1. The first kappa shape index (κ1) is 7.28. The van der Waals surface area contributed by atoms with E-state index in [1.807, 2.05) is 12.2 Å². The summed E-state index contributed by atoms with van der Waals surface area (Å²) in [6, 6.07) is 0. The summed E-state index contributed by atoms with van der Waals surface area (Å²) < 4.78 is 4.90. The molecule has 0 aliphatic carbocycles. The van der Waals surface area contributed by atoms with E-state index in [4.69, 9.17) is 4.74 Å². The van der Waals surface area contributed by atoms with E-state index in [0.29, 0.717) is 0 Å². The van der Waals surface area contributed by atoms with Crippen molar-refractivity contribution in [3.63, 3.8) is 0 Å². The van der Waals surface area contributed by atoms with Gasteiger partial charge in [0.15, 0.2) is 0 Å². The predicted molar refractivity (Wildman–Crippen MR) is 37.6 cm³/mol. The van der Waals surface area contributed by atoms with Crippen molar-refractivity contribution in [3.05, 3.63) is 12.2 Å². The first-order valence-corrected chi connectivity index (χ1v) is 3.33. The molecule has 0 saturated carbocycles. The molecule has 1 unspecified atom stereocenters. The van der Waals surface area contributed by atoms with Crippen molar-refractivity contribution in [2.75, 3.05) is 13.1 Å². The van der Waals surface area contributed by atoms with Gasteiger partial charge in [-0.15, -0.1) is 0 Å². The van der Waals surface area contributed by atoms with Crippen LogP contribution in [0.3, 0.4) is 0 Å². The van der Waals surface area contributed by atoms with Crippen molar-refractivity contribution in [2.24, 2.45) is 0 Å². The lowest BCUT2D eigenvalue weighted by Gasteiger charge is -2.16. The van der Waals surface area contributed by atoms with Crippen LogP contribution >= 0.6 is 0 Å². The van der Waals surface area contributed by atoms with Gasteiger partial charge >= 0.3 is 5.97 Å². The zero-order chi connectivity index (χ0) is 7.40. The minimum atomic E-state index is -0.224. The molecular weight excluding hydrogens is 130 g/mol. The topological polar surface area (TPSA) is 38.3 Å². The Hall–Kier alpha value is -0.830. The van der Waals surface area contributed by atoms with Crippen molar-refractivity contribution in [1.29, 1.82) is 0 Å². The molecule has 0 aromatic carbocycles. The molecule has 56 valence electrons. The number of carbonyl (C=O) groups is 1. The third kappa shape index (κ3) is 2.19. The van der Waals surface area contributed by atoms with Crippen LogP contribution in [0.15, 0.2) is 12.2 Å². The van der Waals surface area contributed by atoms with E-state index >= 15 is 0 Å². The molecule has 1 aliphatic heterocycles. The number of rotatable bonds is 1. The zero-order valence-corrected chi connectivity index (χ0v) is 5.96. The average Bonchev–Trinajstić information content (AvgIpc) is 1.88. The number of hydrogen-bond acceptors (Lipinski definition) is 3. The Morgan fingerprint density at radius 3 is 3.10 bits per heavy atom. The summed E-state index contributed by atoms with van der Waals surface area (Å²) in [6.45, 7) is 3.02. The molecule has 1 N–H and O–H groups in total. The Morgan fingerprint density at radius 2 is 2.60 bits per heavy atom. The van der Waals surface area contributed by atoms with Crippen molar-refractivity contribution in [1.82, 2.24) is 5.32 Å². The van der Waals surface area contributed by atoms with E-state index in [9.17, 15) is 4.79 Å². The molecule has 1 atom stereocenters.